The van der Waals surface area contributed by atoms with Crippen LogP contribution in [0.15, 0.2) is 39.5 Å². The fraction of sp³-hybridized carbons (Fsp3) is 0.0909. The zero-order valence-corrected chi connectivity index (χ0v) is 17.5. The number of nitrogens with zero attached hydrogens (tertiary/aromatic N) is 2. The second-order valence-electron chi connectivity index (χ2n) is 7.03. The van der Waals surface area contributed by atoms with E-state index in [1.807, 2.05) is 26.0 Å². The van der Waals surface area contributed by atoms with Gasteiger partial charge in [0.2, 0.25) is 5.55 Å². The van der Waals surface area contributed by atoms with Crippen LogP contribution in [0.25, 0.3) is 42.5 Å². The molecule has 0 saturated heterocycles. The normalized spacial score (nSPS) is 11.4. The summed E-state index contributed by atoms with van der Waals surface area (Å²) in [6, 6.07) is 10.8. The second kappa shape index (κ2) is 6.52. The quantitative estimate of drug-likeness (QED) is 0.381. The van der Waals surface area contributed by atoms with Crippen LogP contribution in [0.4, 0.5) is 0 Å². The molecule has 8 heteroatoms. The minimum Gasteiger partial charge on any atom is -0.436 e. The van der Waals surface area contributed by atoms with E-state index in [9.17, 15) is 10.1 Å². The molecule has 4 heterocycles. The highest BCUT2D eigenvalue weighted by Crippen LogP contribution is 2.39. The average molecular weight is 433 g/mol. The van der Waals surface area contributed by atoms with Gasteiger partial charge in [0, 0.05) is 21.7 Å². The van der Waals surface area contributed by atoms with E-state index >= 15 is 0 Å². The molecule has 0 aliphatic heterocycles. The molecule has 5 aromatic rings. The van der Waals surface area contributed by atoms with Crippen molar-refractivity contribution in [3.8, 4) is 17.2 Å². The zero-order chi connectivity index (χ0) is 21.2. The van der Waals surface area contributed by atoms with E-state index in [1.165, 1.54) is 11.3 Å². The molecule has 0 spiro atoms. The van der Waals surface area contributed by atoms with Crippen LogP contribution in [-0.4, -0.2) is 9.97 Å². The molecule has 0 amide bonds. The monoisotopic (exact) mass is 432 g/mol. The number of hydrogen-bond acceptors (Lipinski definition) is 6. The Balaban J connectivity index is 2.07. The Kier molecular flexibility index (Phi) is 4.03. The third-order valence-corrected chi connectivity index (χ3v) is 6.36. The van der Waals surface area contributed by atoms with E-state index < -0.39 is 5.56 Å². The molecule has 6 nitrogen and oxygen atoms in total. The molecule has 0 bridgehead atoms. The van der Waals surface area contributed by atoms with Gasteiger partial charge in [-0.25, -0.2) is 4.98 Å². The van der Waals surface area contributed by atoms with E-state index in [1.54, 1.807) is 24.3 Å². The number of aromatic amines is 1. The summed E-state index contributed by atoms with van der Waals surface area (Å²) in [6.45, 7) is 3.88. The van der Waals surface area contributed by atoms with E-state index in [0.717, 1.165) is 21.5 Å². The van der Waals surface area contributed by atoms with Gasteiger partial charge in [0.25, 0.3) is 5.56 Å². The lowest BCUT2D eigenvalue weighted by atomic mass is 9.98. The molecule has 0 fully saturated rings. The molecule has 0 unspecified atom stereocenters. The molecular weight excluding hydrogens is 420 g/mol. The third kappa shape index (κ3) is 2.58. The molecule has 0 aliphatic rings. The maximum Gasteiger partial charge on any atom is 0.260 e. The minimum atomic E-state index is -0.396. The number of H-pyrrole nitrogens is 1. The maximum absolute atomic E-state index is 13.2. The lowest BCUT2D eigenvalue weighted by Crippen LogP contribution is -2.14. The van der Waals surface area contributed by atoms with Gasteiger partial charge in [0.1, 0.15) is 16.5 Å². The van der Waals surface area contributed by atoms with Crippen molar-refractivity contribution < 1.29 is 4.42 Å². The van der Waals surface area contributed by atoms with Gasteiger partial charge in [-0.3, -0.25) is 10.2 Å². The number of thiophene rings is 1. The Morgan fingerprint density at radius 2 is 2.07 bits per heavy atom. The fourth-order valence-electron chi connectivity index (χ4n) is 3.87. The fourth-order valence-corrected chi connectivity index (χ4v) is 5.30. The molecule has 30 heavy (non-hydrogen) atoms. The molecular formula is C22H13ClN4O2S. The van der Waals surface area contributed by atoms with Crippen molar-refractivity contribution in [2.24, 2.45) is 0 Å². The molecule has 0 saturated carbocycles. The van der Waals surface area contributed by atoms with Crippen molar-refractivity contribution in [2.45, 2.75) is 13.8 Å². The lowest BCUT2D eigenvalue weighted by molar-refractivity contribution is 0.534. The number of hydrogen-bond donors (Lipinski definition) is 2. The first kappa shape index (κ1) is 18.6. The smallest absolute Gasteiger partial charge is 0.260 e. The third-order valence-electron chi connectivity index (χ3n) is 5.04. The summed E-state index contributed by atoms with van der Waals surface area (Å²) >= 11 is 7.55. The predicted octanol–water partition coefficient (Wildman–Crippen LogP) is 5.17. The van der Waals surface area contributed by atoms with Gasteiger partial charge >= 0.3 is 0 Å². The Hall–Kier alpha value is -3.47. The first-order chi connectivity index (χ1) is 14.4. The topological polar surface area (TPSA) is 107 Å². The van der Waals surface area contributed by atoms with Gasteiger partial charge in [-0.2, -0.15) is 5.26 Å². The Labute approximate surface area is 178 Å². The average Bonchev–Trinajstić information content (AvgIpc) is 3.05. The van der Waals surface area contributed by atoms with Crippen LogP contribution in [0.2, 0.25) is 5.02 Å². The van der Waals surface area contributed by atoms with Crippen molar-refractivity contribution in [1.82, 2.24) is 9.97 Å². The summed E-state index contributed by atoms with van der Waals surface area (Å²) in [4.78, 5) is 21.6. The first-order valence-electron chi connectivity index (χ1n) is 9.03. The van der Waals surface area contributed by atoms with Gasteiger partial charge in [0.15, 0.2) is 5.58 Å². The van der Waals surface area contributed by atoms with E-state index in [0.29, 0.717) is 26.4 Å². The van der Waals surface area contributed by atoms with Crippen LogP contribution in [0.1, 0.15) is 16.8 Å². The number of nitrogens with one attached hydrogen (secondary N) is 2. The van der Waals surface area contributed by atoms with Gasteiger partial charge in [-0.05, 0) is 43.2 Å². The van der Waals surface area contributed by atoms with Gasteiger partial charge < -0.3 is 9.40 Å². The van der Waals surface area contributed by atoms with Crippen LogP contribution in [0.3, 0.4) is 0 Å². The molecule has 2 N–H and O–H groups in total. The number of fused-ring (bicyclic) bond motifs is 5. The minimum absolute atomic E-state index is 0.0131. The van der Waals surface area contributed by atoms with Crippen LogP contribution in [0.5, 0.6) is 0 Å². The Morgan fingerprint density at radius 3 is 2.80 bits per heavy atom. The molecule has 5 rings (SSSR count). The van der Waals surface area contributed by atoms with Crippen molar-refractivity contribution >= 4 is 54.3 Å². The number of aromatic nitrogens is 2. The predicted molar refractivity (Wildman–Crippen MR) is 118 cm³/mol. The Morgan fingerprint density at radius 1 is 1.27 bits per heavy atom. The number of aryl methyl sites for hydroxylation is 2. The summed E-state index contributed by atoms with van der Waals surface area (Å²) < 4.78 is 6.43. The summed E-state index contributed by atoms with van der Waals surface area (Å²) in [6.07, 6.45) is 0. The summed E-state index contributed by atoms with van der Waals surface area (Å²) in [5, 5.41) is 19.5. The summed E-state index contributed by atoms with van der Waals surface area (Å²) in [5.41, 5.74) is 2.97. The SMILES string of the molecule is Cc1cc(C)c2c(n1)sc1c2[nH]c(=O)c2c(-c3cccc(Cl)c3)c(C#N)c(=N)oc21. The second-order valence-corrected chi connectivity index (χ2v) is 8.46. The molecule has 0 aliphatic carbocycles. The van der Waals surface area contributed by atoms with Crippen molar-refractivity contribution in [3.05, 3.63) is 68.1 Å². The lowest BCUT2D eigenvalue weighted by Gasteiger charge is -2.09. The van der Waals surface area contributed by atoms with Crippen LogP contribution in [0, 0.1) is 30.6 Å². The molecule has 0 radical (unpaired) electrons. The number of pyridine rings is 2. The van der Waals surface area contributed by atoms with Crippen molar-refractivity contribution in [3.63, 3.8) is 0 Å². The standard InChI is InChI=1S/C22H13ClN4O2S/c1-9-6-10(2)26-22-14(9)17-19(30-22)18-16(21(28)27-17)15(13(8-24)20(25)29-18)11-4-3-5-12(23)7-11/h3-7,25H,1-2H3,(H,27,28). The van der Waals surface area contributed by atoms with E-state index in [2.05, 4.69) is 9.97 Å². The summed E-state index contributed by atoms with van der Waals surface area (Å²) in [5.74, 6) is 0. The number of benzene rings is 1. The zero-order valence-electron chi connectivity index (χ0n) is 15.9. The highest BCUT2D eigenvalue weighted by atomic mass is 35.5. The van der Waals surface area contributed by atoms with Crippen molar-refractivity contribution in [2.75, 3.05) is 0 Å². The van der Waals surface area contributed by atoms with Gasteiger partial charge in [-0.1, -0.05) is 23.7 Å². The number of halogens is 1. The van der Waals surface area contributed by atoms with Crippen LogP contribution < -0.4 is 11.1 Å². The molecule has 146 valence electrons. The largest absolute Gasteiger partial charge is 0.436 e. The summed E-state index contributed by atoms with van der Waals surface area (Å²) in [7, 11) is 0. The van der Waals surface area contributed by atoms with Crippen LogP contribution >= 0.6 is 22.9 Å². The number of rotatable bonds is 1. The first-order valence-corrected chi connectivity index (χ1v) is 10.2. The Bertz CT molecular complexity index is 1690. The molecule has 1 aromatic carbocycles. The maximum atomic E-state index is 13.2. The number of nitriles is 1. The van der Waals surface area contributed by atoms with Crippen molar-refractivity contribution in [1.29, 1.82) is 10.7 Å². The van der Waals surface area contributed by atoms with Gasteiger partial charge in [-0.15, -0.1) is 11.3 Å². The molecule has 4 aromatic heterocycles. The highest BCUT2D eigenvalue weighted by Gasteiger charge is 2.22. The van der Waals surface area contributed by atoms with Gasteiger partial charge in [0.05, 0.1) is 15.6 Å². The van der Waals surface area contributed by atoms with E-state index in [4.69, 9.17) is 21.4 Å². The van der Waals surface area contributed by atoms with Crippen LogP contribution in [-0.2, 0) is 0 Å². The van der Waals surface area contributed by atoms with E-state index in [-0.39, 0.29) is 22.1 Å². The highest BCUT2D eigenvalue weighted by molar-refractivity contribution is 7.26. The molecule has 0 atom stereocenters.